The number of hydrogen-bond acceptors (Lipinski definition) is 6. The van der Waals surface area contributed by atoms with Crippen molar-refractivity contribution in [3.05, 3.63) is 28.0 Å². The summed E-state index contributed by atoms with van der Waals surface area (Å²) in [6.45, 7) is 3.11. The number of nitrogens with one attached hydrogen (secondary N) is 1. The molecule has 0 fully saturated rings. The molecule has 3 rings (SSSR count). The number of rotatable bonds is 3. The number of amides is 3. The van der Waals surface area contributed by atoms with Gasteiger partial charge in [-0.15, -0.1) is 11.3 Å². The summed E-state index contributed by atoms with van der Waals surface area (Å²) in [5.74, 6) is -1.08. The molecule has 0 aromatic carbocycles. The molecule has 2 aliphatic heterocycles. The predicted molar refractivity (Wildman–Crippen MR) is 86.2 cm³/mol. The smallest absolute Gasteiger partial charge is 0.294 e. The van der Waals surface area contributed by atoms with Gasteiger partial charge in [-0.3, -0.25) is 14.4 Å². The van der Waals surface area contributed by atoms with Crippen LogP contribution in [0.3, 0.4) is 0 Å². The minimum Gasteiger partial charge on any atom is -0.494 e. The van der Waals surface area contributed by atoms with Gasteiger partial charge in [-0.2, -0.15) is 0 Å². The van der Waals surface area contributed by atoms with E-state index in [2.05, 4.69) is 5.32 Å². The lowest BCUT2D eigenvalue weighted by Gasteiger charge is -2.25. The maximum absolute atomic E-state index is 12.2. The Balaban J connectivity index is 1.88. The van der Waals surface area contributed by atoms with Crippen LogP contribution in [0.5, 0.6) is 0 Å². The first-order chi connectivity index (χ1) is 11.5. The number of carbonyl (C=O) groups excluding carboxylic acids is 3. The Labute approximate surface area is 142 Å². The van der Waals surface area contributed by atoms with Crippen molar-refractivity contribution in [2.24, 2.45) is 5.73 Å². The number of ether oxygens (including phenoxy) is 2. The van der Waals surface area contributed by atoms with E-state index < -0.39 is 11.8 Å². The zero-order valence-corrected chi connectivity index (χ0v) is 13.9. The van der Waals surface area contributed by atoms with Crippen molar-refractivity contribution in [1.82, 2.24) is 4.90 Å². The molecular formula is C15H17N3O5S. The molecule has 3 heterocycles. The van der Waals surface area contributed by atoms with Crippen molar-refractivity contribution >= 4 is 34.1 Å². The fourth-order valence-corrected chi connectivity index (χ4v) is 3.94. The van der Waals surface area contributed by atoms with Crippen molar-refractivity contribution in [3.63, 3.8) is 0 Å². The monoisotopic (exact) mass is 351 g/mol. The van der Waals surface area contributed by atoms with E-state index >= 15 is 0 Å². The van der Waals surface area contributed by atoms with Crippen LogP contribution in [0.4, 0.5) is 5.00 Å². The molecule has 0 unspecified atom stereocenters. The average Bonchev–Trinajstić information content (AvgIpc) is 2.92. The van der Waals surface area contributed by atoms with Gasteiger partial charge >= 0.3 is 0 Å². The second-order valence-electron chi connectivity index (χ2n) is 5.42. The highest BCUT2D eigenvalue weighted by Crippen LogP contribution is 2.37. The molecule has 0 saturated heterocycles. The number of hydrogen-bond donors (Lipinski definition) is 2. The summed E-state index contributed by atoms with van der Waals surface area (Å²) < 4.78 is 10.3. The number of fused-ring (bicyclic) bond motifs is 1. The topological polar surface area (TPSA) is 111 Å². The molecule has 0 radical (unpaired) electrons. The summed E-state index contributed by atoms with van der Waals surface area (Å²) in [6, 6.07) is 0. The SMILES string of the molecule is CC(=O)N1CCc2c(sc(NC(=O)C3=COCCO3)c2C(N)=O)C1. The van der Waals surface area contributed by atoms with Crippen LogP contribution in [0.1, 0.15) is 27.7 Å². The number of anilines is 1. The molecule has 0 bridgehead atoms. The van der Waals surface area contributed by atoms with Crippen molar-refractivity contribution in [3.8, 4) is 0 Å². The summed E-state index contributed by atoms with van der Waals surface area (Å²) >= 11 is 1.25. The van der Waals surface area contributed by atoms with Crippen LogP contribution in [-0.4, -0.2) is 42.4 Å². The molecule has 2 aliphatic rings. The maximum Gasteiger partial charge on any atom is 0.294 e. The van der Waals surface area contributed by atoms with E-state index in [-0.39, 0.29) is 18.3 Å². The fraction of sp³-hybridized carbons (Fsp3) is 0.400. The highest BCUT2D eigenvalue weighted by atomic mass is 32.1. The van der Waals surface area contributed by atoms with E-state index in [9.17, 15) is 14.4 Å². The molecule has 3 N–H and O–H groups in total. The second-order valence-corrected chi connectivity index (χ2v) is 6.52. The van der Waals surface area contributed by atoms with E-state index in [0.717, 1.165) is 10.4 Å². The molecule has 0 aliphatic carbocycles. The van der Waals surface area contributed by atoms with Crippen molar-refractivity contribution < 1.29 is 23.9 Å². The normalized spacial score (nSPS) is 16.4. The third-order valence-electron chi connectivity index (χ3n) is 3.85. The predicted octanol–water partition coefficient (Wildman–Crippen LogP) is 0.578. The lowest BCUT2D eigenvalue weighted by atomic mass is 10.0. The minimum absolute atomic E-state index is 0.0295. The van der Waals surface area contributed by atoms with Gasteiger partial charge in [0, 0.05) is 18.3 Å². The third-order valence-corrected chi connectivity index (χ3v) is 4.98. The third kappa shape index (κ3) is 3.07. The summed E-state index contributed by atoms with van der Waals surface area (Å²) in [5.41, 5.74) is 6.61. The Kier molecular flexibility index (Phi) is 4.43. The van der Waals surface area contributed by atoms with Crippen LogP contribution in [0.25, 0.3) is 0 Å². The molecule has 0 spiro atoms. The Morgan fingerprint density at radius 3 is 2.75 bits per heavy atom. The quantitative estimate of drug-likeness (QED) is 0.827. The van der Waals surface area contributed by atoms with Gasteiger partial charge in [-0.25, -0.2) is 0 Å². The van der Waals surface area contributed by atoms with Gasteiger partial charge in [-0.05, 0) is 12.0 Å². The maximum atomic E-state index is 12.2. The van der Waals surface area contributed by atoms with E-state index in [1.165, 1.54) is 24.5 Å². The highest BCUT2D eigenvalue weighted by molar-refractivity contribution is 7.17. The lowest BCUT2D eigenvalue weighted by Crippen LogP contribution is -2.34. The Morgan fingerprint density at radius 2 is 2.12 bits per heavy atom. The molecule has 9 heteroatoms. The Bertz CT molecular complexity index is 740. The largest absolute Gasteiger partial charge is 0.494 e. The van der Waals surface area contributed by atoms with Gasteiger partial charge in [0.15, 0.2) is 0 Å². The molecule has 128 valence electrons. The number of carbonyl (C=O) groups is 3. The number of primary amides is 1. The van der Waals surface area contributed by atoms with Gasteiger partial charge < -0.3 is 25.4 Å². The molecule has 8 nitrogen and oxygen atoms in total. The van der Waals surface area contributed by atoms with E-state index in [1.54, 1.807) is 4.90 Å². The zero-order chi connectivity index (χ0) is 17.3. The van der Waals surface area contributed by atoms with Gasteiger partial charge in [0.05, 0.1) is 12.1 Å². The molecule has 0 atom stereocenters. The number of thiophene rings is 1. The van der Waals surface area contributed by atoms with Crippen LogP contribution in [0.2, 0.25) is 0 Å². The van der Waals surface area contributed by atoms with E-state index in [1.807, 2.05) is 0 Å². The zero-order valence-electron chi connectivity index (χ0n) is 13.1. The van der Waals surface area contributed by atoms with Crippen molar-refractivity contribution in [2.45, 2.75) is 19.9 Å². The van der Waals surface area contributed by atoms with Gasteiger partial charge in [0.1, 0.15) is 24.5 Å². The van der Waals surface area contributed by atoms with Gasteiger partial charge in [-0.1, -0.05) is 0 Å². The van der Waals surface area contributed by atoms with Crippen LogP contribution in [0.15, 0.2) is 12.0 Å². The molecule has 0 saturated carbocycles. The number of nitrogens with zero attached hydrogens (tertiary/aromatic N) is 1. The second kappa shape index (κ2) is 6.52. The van der Waals surface area contributed by atoms with E-state index in [0.29, 0.717) is 36.7 Å². The van der Waals surface area contributed by atoms with E-state index in [4.69, 9.17) is 15.2 Å². The molecule has 24 heavy (non-hydrogen) atoms. The summed E-state index contributed by atoms with van der Waals surface area (Å²) in [7, 11) is 0. The van der Waals surface area contributed by atoms with Crippen LogP contribution < -0.4 is 11.1 Å². The Hall–Kier alpha value is -2.55. The molecule has 1 aromatic heterocycles. The average molecular weight is 351 g/mol. The highest BCUT2D eigenvalue weighted by Gasteiger charge is 2.29. The first-order valence-corrected chi connectivity index (χ1v) is 8.24. The van der Waals surface area contributed by atoms with Crippen LogP contribution in [0, 0.1) is 0 Å². The summed E-state index contributed by atoms with van der Waals surface area (Å²) in [5, 5.41) is 3.04. The summed E-state index contributed by atoms with van der Waals surface area (Å²) in [6.07, 6.45) is 1.77. The lowest BCUT2D eigenvalue weighted by molar-refractivity contribution is -0.129. The fourth-order valence-electron chi connectivity index (χ4n) is 2.67. The standard InChI is InChI=1S/C15H17N3O5S/c1-8(19)18-3-2-9-11(6-18)24-15(12(9)13(16)20)17-14(21)10-7-22-4-5-23-10/h7H,2-6H2,1H3,(H2,16,20)(H,17,21). The molecule has 3 amide bonds. The number of nitrogens with two attached hydrogens (primary N) is 1. The first-order valence-electron chi connectivity index (χ1n) is 7.43. The van der Waals surface area contributed by atoms with Gasteiger partial charge in [0.2, 0.25) is 11.7 Å². The van der Waals surface area contributed by atoms with Gasteiger partial charge in [0.25, 0.3) is 11.8 Å². The molecule has 1 aromatic rings. The minimum atomic E-state index is -0.603. The van der Waals surface area contributed by atoms with Crippen LogP contribution in [-0.2, 0) is 32.0 Å². The van der Waals surface area contributed by atoms with Crippen molar-refractivity contribution in [2.75, 3.05) is 25.1 Å². The molecular weight excluding hydrogens is 334 g/mol. The Morgan fingerprint density at radius 1 is 1.33 bits per heavy atom. The van der Waals surface area contributed by atoms with Crippen LogP contribution >= 0.6 is 11.3 Å². The first kappa shape index (κ1) is 16.3. The van der Waals surface area contributed by atoms with Crippen molar-refractivity contribution in [1.29, 1.82) is 0 Å². The summed E-state index contributed by atoms with van der Waals surface area (Å²) in [4.78, 5) is 38.2.